The van der Waals surface area contributed by atoms with Crippen LogP contribution in [0, 0.1) is 5.82 Å². The molecule has 0 amide bonds. The van der Waals surface area contributed by atoms with Gasteiger partial charge in [0.25, 0.3) is 0 Å². The molecule has 0 saturated carbocycles. The van der Waals surface area contributed by atoms with Crippen molar-refractivity contribution in [2.24, 2.45) is 4.99 Å². The topological polar surface area (TPSA) is 48.9 Å². The Labute approximate surface area is 143 Å². The second kappa shape index (κ2) is 8.44. The van der Waals surface area contributed by atoms with Crippen molar-refractivity contribution in [3.8, 4) is 0 Å². The van der Waals surface area contributed by atoms with E-state index in [0.717, 1.165) is 31.2 Å². The molecule has 1 aromatic carbocycles. The van der Waals surface area contributed by atoms with Crippen LogP contribution >= 0.6 is 0 Å². The molecule has 0 radical (unpaired) electrons. The van der Waals surface area contributed by atoms with Crippen LogP contribution in [-0.4, -0.2) is 62.8 Å². The lowest BCUT2D eigenvalue weighted by Gasteiger charge is -2.35. The summed E-state index contributed by atoms with van der Waals surface area (Å²) in [7, 11) is 1.75. The third kappa shape index (κ3) is 4.45. The van der Waals surface area contributed by atoms with Crippen molar-refractivity contribution in [3.05, 3.63) is 35.6 Å². The normalized spacial score (nSPS) is 24.7. The molecule has 0 bridgehead atoms. The van der Waals surface area contributed by atoms with E-state index in [1.54, 1.807) is 13.1 Å². The molecule has 5 nitrogen and oxygen atoms in total. The molecule has 24 heavy (non-hydrogen) atoms. The highest BCUT2D eigenvalue weighted by molar-refractivity contribution is 5.79. The van der Waals surface area contributed by atoms with Gasteiger partial charge in [0.1, 0.15) is 5.82 Å². The smallest absolute Gasteiger partial charge is 0.191 e. The van der Waals surface area contributed by atoms with Crippen molar-refractivity contribution in [1.82, 2.24) is 15.5 Å². The zero-order valence-corrected chi connectivity index (χ0v) is 14.3. The van der Waals surface area contributed by atoms with Gasteiger partial charge in [-0.15, -0.1) is 0 Å². The summed E-state index contributed by atoms with van der Waals surface area (Å²) in [5.41, 5.74) is 0.719. The number of nitrogens with one attached hydrogen (secondary N) is 2. The summed E-state index contributed by atoms with van der Waals surface area (Å²) in [5, 5.41) is 6.55. The molecule has 2 saturated heterocycles. The van der Waals surface area contributed by atoms with E-state index in [9.17, 15) is 4.39 Å². The minimum absolute atomic E-state index is 0.155. The van der Waals surface area contributed by atoms with Crippen molar-refractivity contribution < 1.29 is 9.13 Å². The highest BCUT2D eigenvalue weighted by Gasteiger charge is 2.32. The van der Waals surface area contributed by atoms with Gasteiger partial charge in [-0.3, -0.25) is 9.89 Å². The highest BCUT2D eigenvalue weighted by atomic mass is 19.1. The third-order valence-electron chi connectivity index (χ3n) is 4.83. The molecule has 0 aromatic heterocycles. The molecule has 2 heterocycles. The standard InChI is InChI=1S/C18H27FN4O/c1-20-18(21-9-8-14-5-2-3-7-17(14)19)22-11-16-12-23-10-4-6-15(23)13-24-16/h2-3,5,7,15-16H,4,6,8-13H2,1H3,(H2,20,21,22). The number of guanidine groups is 1. The lowest BCUT2D eigenvalue weighted by Crippen LogP contribution is -2.51. The zero-order valence-electron chi connectivity index (χ0n) is 14.3. The molecule has 6 heteroatoms. The molecule has 2 fully saturated rings. The molecule has 3 rings (SSSR count). The minimum atomic E-state index is -0.155. The minimum Gasteiger partial charge on any atom is -0.373 e. The summed E-state index contributed by atoms with van der Waals surface area (Å²) >= 11 is 0. The fourth-order valence-electron chi connectivity index (χ4n) is 3.46. The summed E-state index contributed by atoms with van der Waals surface area (Å²) in [5.74, 6) is 0.580. The number of morpholine rings is 1. The molecule has 0 aliphatic carbocycles. The molecule has 2 aliphatic heterocycles. The molecule has 132 valence electrons. The van der Waals surface area contributed by atoms with Crippen molar-refractivity contribution in [1.29, 1.82) is 0 Å². The maximum absolute atomic E-state index is 13.6. The Hall–Kier alpha value is -1.66. The number of ether oxygens (including phenoxy) is 1. The number of nitrogens with zero attached hydrogens (tertiary/aromatic N) is 2. The van der Waals surface area contributed by atoms with E-state index in [1.807, 2.05) is 12.1 Å². The van der Waals surface area contributed by atoms with Gasteiger partial charge in [0.15, 0.2) is 5.96 Å². The van der Waals surface area contributed by atoms with Crippen LogP contribution in [0.15, 0.2) is 29.3 Å². The van der Waals surface area contributed by atoms with E-state index in [2.05, 4.69) is 20.5 Å². The quantitative estimate of drug-likeness (QED) is 0.631. The van der Waals surface area contributed by atoms with Crippen LogP contribution in [0.25, 0.3) is 0 Å². The molecule has 1 aromatic rings. The summed E-state index contributed by atoms with van der Waals surface area (Å²) in [6.07, 6.45) is 3.37. The molecule has 2 N–H and O–H groups in total. The Balaban J connectivity index is 1.38. The van der Waals surface area contributed by atoms with Crippen molar-refractivity contribution in [2.75, 3.05) is 39.8 Å². The van der Waals surface area contributed by atoms with Gasteiger partial charge in [0.05, 0.1) is 12.7 Å². The molecule has 2 atom stereocenters. The van der Waals surface area contributed by atoms with Gasteiger partial charge in [-0.25, -0.2) is 4.39 Å². The first-order valence-electron chi connectivity index (χ1n) is 8.80. The maximum Gasteiger partial charge on any atom is 0.191 e. The Bertz CT molecular complexity index is 566. The first-order valence-corrected chi connectivity index (χ1v) is 8.80. The molecular weight excluding hydrogens is 307 g/mol. The highest BCUT2D eigenvalue weighted by Crippen LogP contribution is 2.22. The van der Waals surface area contributed by atoms with E-state index < -0.39 is 0 Å². The Morgan fingerprint density at radius 1 is 1.38 bits per heavy atom. The van der Waals surface area contributed by atoms with Gasteiger partial charge in [0, 0.05) is 32.7 Å². The second-order valence-electron chi connectivity index (χ2n) is 6.47. The van der Waals surface area contributed by atoms with Crippen LogP contribution in [0.3, 0.4) is 0 Å². The average Bonchev–Trinajstić information content (AvgIpc) is 3.07. The van der Waals surface area contributed by atoms with Crippen LogP contribution in [-0.2, 0) is 11.2 Å². The van der Waals surface area contributed by atoms with Gasteiger partial charge < -0.3 is 15.4 Å². The van der Waals surface area contributed by atoms with E-state index in [0.29, 0.717) is 19.0 Å². The Kier molecular flexibility index (Phi) is 6.04. The number of hydrogen-bond acceptors (Lipinski definition) is 3. The number of aliphatic imine (C=N–C) groups is 1. The van der Waals surface area contributed by atoms with Gasteiger partial charge >= 0.3 is 0 Å². The SMILES string of the molecule is CN=C(NCCc1ccccc1F)NCC1CN2CCCC2CO1. The molecule has 2 aliphatic rings. The molecular formula is C18H27FN4O. The summed E-state index contributed by atoms with van der Waals surface area (Å²) in [6.45, 7) is 4.40. The third-order valence-corrected chi connectivity index (χ3v) is 4.83. The second-order valence-corrected chi connectivity index (χ2v) is 6.47. The van der Waals surface area contributed by atoms with Gasteiger partial charge in [-0.1, -0.05) is 18.2 Å². The maximum atomic E-state index is 13.6. The molecule has 2 unspecified atom stereocenters. The van der Waals surface area contributed by atoms with Crippen LogP contribution in [0.4, 0.5) is 4.39 Å². The lowest BCUT2D eigenvalue weighted by atomic mass is 10.1. The van der Waals surface area contributed by atoms with Crippen LogP contribution in [0.1, 0.15) is 18.4 Å². The van der Waals surface area contributed by atoms with Gasteiger partial charge in [0.2, 0.25) is 0 Å². The summed E-state index contributed by atoms with van der Waals surface area (Å²) < 4.78 is 19.5. The lowest BCUT2D eigenvalue weighted by molar-refractivity contribution is -0.0453. The van der Waals surface area contributed by atoms with Crippen molar-refractivity contribution in [2.45, 2.75) is 31.4 Å². The molecule has 0 spiro atoms. The van der Waals surface area contributed by atoms with E-state index in [-0.39, 0.29) is 11.9 Å². The average molecular weight is 334 g/mol. The van der Waals surface area contributed by atoms with Crippen LogP contribution in [0.2, 0.25) is 0 Å². The van der Waals surface area contributed by atoms with Crippen molar-refractivity contribution in [3.63, 3.8) is 0 Å². The first-order chi connectivity index (χ1) is 11.8. The summed E-state index contributed by atoms with van der Waals surface area (Å²) in [4.78, 5) is 6.76. The Morgan fingerprint density at radius 2 is 2.25 bits per heavy atom. The van der Waals surface area contributed by atoms with E-state index >= 15 is 0 Å². The fourth-order valence-corrected chi connectivity index (χ4v) is 3.46. The number of halogens is 1. The van der Waals surface area contributed by atoms with E-state index in [1.165, 1.54) is 25.5 Å². The van der Waals surface area contributed by atoms with Gasteiger partial charge in [-0.2, -0.15) is 0 Å². The van der Waals surface area contributed by atoms with Crippen LogP contribution < -0.4 is 10.6 Å². The predicted molar refractivity (Wildman–Crippen MR) is 93.8 cm³/mol. The number of hydrogen-bond donors (Lipinski definition) is 2. The fraction of sp³-hybridized carbons (Fsp3) is 0.611. The van der Waals surface area contributed by atoms with Gasteiger partial charge in [-0.05, 0) is 37.4 Å². The van der Waals surface area contributed by atoms with E-state index in [4.69, 9.17) is 4.74 Å². The largest absolute Gasteiger partial charge is 0.373 e. The predicted octanol–water partition coefficient (Wildman–Crippen LogP) is 1.40. The van der Waals surface area contributed by atoms with Crippen molar-refractivity contribution >= 4 is 5.96 Å². The zero-order chi connectivity index (χ0) is 16.8. The number of fused-ring (bicyclic) bond motifs is 1. The Morgan fingerprint density at radius 3 is 3.08 bits per heavy atom. The summed E-state index contributed by atoms with van der Waals surface area (Å²) in [6, 6.07) is 7.50. The van der Waals surface area contributed by atoms with Crippen LogP contribution in [0.5, 0.6) is 0 Å². The first kappa shape index (κ1) is 17.2. The monoisotopic (exact) mass is 334 g/mol. The number of benzene rings is 1. The number of rotatable bonds is 5.